The van der Waals surface area contributed by atoms with E-state index in [1.165, 1.54) is 6.20 Å². The summed E-state index contributed by atoms with van der Waals surface area (Å²) >= 11 is 9.50. The number of hydrogen-bond donors (Lipinski definition) is 2. The highest BCUT2D eigenvalue weighted by atomic mass is 79.9. The zero-order valence-electron chi connectivity index (χ0n) is 11.5. The number of aromatic nitrogens is 1. The van der Waals surface area contributed by atoms with Gasteiger partial charge in [0.2, 0.25) is 0 Å². The summed E-state index contributed by atoms with van der Waals surface area (Å²) in [5, 5.41) is 6.25. The van der Waals surface area contributed by atoms with Crippen molar-refractivity contribution in [1.82, 2.24) is 10.3 Å². The van der Waals surface area contributed by atoms with Crippen LogP contribution in [-0.2, 0) is 6.54 Å². The van der Waals surface area contributed by atoms with E-state index in [1.54, 1.807) is 6.07 Å². The van der Waals surface area contributed by atoms with Crippen LogP contribution in [0.4, 0.5) is 5.82 Å². The number of rotatable bonds is 5. The second kappa shape index (κ2) is 7.43. The number of benzene rings is 1. The molecule has 0 atom stereocenters. The van der Waals surface area contributed by atoms with Gasteiger partial charge in [-0.1, -0.05) is 45.7 Å². The Morgan fingerprint density at radius 1 is 1.38 bits per heavy atom. The Hall–Kier alpha value is -1.59. The highest BCUT2D eigenvalue weighted by Gasteiger charge is 2.12. The number of anilines is 1. The lowest BCUT2D eigenvalue weighted by Gasteiger charge is -2.10. The first-order valence-corrected chi connectivity index (χ1v) is 7.70. The van der Waals surface area contributed by atoms with E-state index in [4.69, 9.17) is 11.6 Å². The number of halogens is 2. The largest absolute Gasteiger partial charge is 0.370 e. The Kier molecular flexibility index (Phi) is 5.59. The van der Waals surface area contributed by atoms with Crippen molar-refractivity contribution in [2.75, 3.05) is 11.9 Å². The Morgan fingerprint density at radius 3 is 2.86 bits per heavy atom. The minimum Gasteiger partial charge on any atom is -0.370 e. The quantitative estimate of drug-likeness (QED) is 0.842. The summed E-state index contributed by atoms with van der Waals surface area (Å²) in [5.41, 5.74) is 1.41. The third kappa shape index (κ3) is 4.19. The van der Waals surface area contributed by atoms with Crippen LogP contribution >= 0.6 is 27.5 Å². The predicted octanol–water partition coefficient (Wildman–Crippen LogP) is 3.86. The van der Waals surface area contributed by atoms with Crippen molar-refractivity contribution in [3.63, 3.8) is 0 Å². The second-order valence-electron chi connectivity index (χ2n) is 4.35. The lowest BCUT2D eigenvalue weighted by atomic mass is 10.2. The monoisotopic (exact) mass is 367 g/mol. The topological polar surface area (TPSA) is 54.0 Å². The number of hydrogen-bond acceptors (Lipinski definition) is 3. The van der Waals surface area contributed by atoms with Gasteiger partial charge in [0, 0.05) is 23.8 Å². The van der Waals surface area contributed by atoms with Crippen molar-refractivity contribution >= 4 is 39.3 Å². The van der Waals surface area contributed by atoms with Crippen LogP contribution in [0, 0.1) is 0 Å². The van der Waals surface area contributed by atoms with Crippen LogP contribution in [0.5, 0.6) is 0 Å². The normalized spacial score (nSPS) is 10.2. The fraction of sp³-hybridized carbons (Fsp3) is 0.200. The molecular weight excluding hydrogens is 354 g/mol. The maximum absolute atomic E-state index is 12.2. The fourth-order valence-electron chi connectivity index (χ4n) is 1.80. The average molecular weight is 369 g/mol. The summed E-state index contributed by atoms with van der Waals surface area (Å²) in [6.07, 6.45) is 1.48. The van der Waals surface area contributed by atoms with Gasteiger partial charge in [-0.15, -0.1) is 0 Å². The molecule has 0 aliphatic heterocycles. The minimum atomic E-state index is -0.225. The first kappa shape index (κ1) is 15.8. The van der Waals surface area contributed by atoms with Crippen molar-refractivity contribution in [1.29, 1.82) is 0 Å². The molecule has 110 valence electrons. The second-order valence-corrected chi connectivity index (χ2v) is 5.62. The molecule has 6 heteroatoms. The first-order chi connectivity index (χ1) is 10.1. The van der Waals surface area contributed by atoms with Crippen molar-refractivity contribution in [3.8, 4) is 0 Å². The number of carbonyl (C=O) groups is 1. The molecule has 0 radical (unpaired) electrons. The molecular formula is C15H15BrClN3O. The molecule has 1 aromatic heterocycles. The minimum absolute atomic E-state index is 0.225. The van der Waals surface area contributed by atoms with Crippen LogP contribution in [0.1, 0.15) is 22.8 Å². The van der Waals surface area contributed by atoms with Gasteiger partial charge in [0.25, 0.3) is 5.91 Å². The van der Waals surface area contributed by atoms with E-state index in [-0.39, 0.29) is 5.91 Å². The lowest BCUT2D eigenvalue weighted by molar-refractivity contribution is 0.0951. The zero-order valence-corrected chi connectivity index (χ0v) is 13.8. The summed E-state index contributed by atoms with van der Waals surface area (Å²) in [6.45, 7) is 3.12. The summed E-state index contributed by atoms with van der Waals surface area (Å²) in [5.74, 6) is 0.408. The van der Waals surface area contributed by atoms with E-state index in [0.29, 0.717) is 22.9 Å². The molecule has 1 amide bonds. The van der Waals surface area contributed by atoms with Gasteiger partial charge in [-0.3, -0.25) is 4.79 Å². The van der Waals surface area contributed by atoms with Crippen molar-refractivity contribution in [3.05, 3.63) is 57.2 Å². The zero-order chi connectivity index (χ0) is 15.2. The Morgan fingerprint density at radius 2 is 2.14 bits per heavy atom. The Balaban J connectivity index is 2.10. The van der Waals surface area contributed by atoms with Gasteiger partial charge < -0.3 is 10.6 Å². The molecule has 0 aliphatic carbocycles. The lowest BCUT2D eigenvalue weighted by Crippen LogP contribution is -2.23. The molecule has 1 aromatic carbocycles. The van der Waals surface area contributed by atoms with Gasteiger partial charge in [-0.2, -0.15) is 0 Å². The van der Waals surface area contributed by atoms with E-state index in [9.17, 15) is 4.79 Å². The summed E-state index contributed by atoms with van der Waals surface area (Å²) in [4.78, 5) is 16.4. The fourth-order valence-corrected chi connectivity index (χ4v) is 2.42. The molecule has 0 saturated heterocycles. The smallest absolute Gasteiger partial charge is 0.253 e. The molecule has 21 heavy (non-hydrogen) atoms. The maximum atomic E-state index is 12.2. The van der Waals surface area contributed by atoms with Gasteiger partial charge in [-0.25, -0.2) is 4.98 Å². The number of pyridine rings is 1. The Labute approximate surface area is 137 Å². The summed E-state index contributed by atoms with van der Waals surface area (Å²) < 4.78 is 0.958. The molecule has 0 saturated carbocycles. The third-order valence-corrected chi connectivity index (χ3v) is 3.93. The van der Waals surface area contributed by atoms with Gasteiger partial charge in [0.1, 0.15) is 5.82 Å². The van der Waals surface area contributed by atoms with E-state index in [1.807, 2.05) is 31.2 Å². The number of carbonyl (C=O) groups excluding carboxylic acids is 1. The van der Waals surface area contributed by atoms with Crippen LogP contribution in [0.25, 0.3) is 0 Å². The van der Waals surface area contributed by atoms with E-state index in [2.05, 4.69) is 31.5 Å². The molecule has 1 heterocycles. The molecule has 0 bridgehead atoms. The SMILES string of the molecule is CCNc1cc(C(=O)NCc2ccccc2Br)c(Cl)cn1. The highest BCUT2D eigenvalue weighted by molar-refractivity contribution is 9.10. The number of nitrogens with zero attached hydrogens (tertiary/aromatic N) is 1. The molecule has 4 nitrogen and oxygen atoms in total. The molecule has 0 spiro atoms. The van der Waals surface area contributed by atoms with Crippen molar-refractivity contribution in [2.45, 2.75) is 13.5 Å². The van der Waals surface area contributed by atoms with Gasteiger partial charge in [-0.05, 0) is 24.6 Å². The first-order valence-electron chi connectivity index (χ1n) is 6.53. The standard InChI is InChI=1S/C15H15BrClN3O/c1-2-18-14-7-11(13(17)9-19-14)15(21)20-8-10-5-3-4-6-12(10)16/h3-7,9H,2,8H2,1H3,(H,18,19)(H,20,21). The van der Waals surface area contributed by atoms with E-state index < -0.39 is 0 Å². The molecule has 2 aromatic rings. The van der Waals surface area contributed by atoms with Crippen LogP contribution in [0.15, 0.2) is 41.0 Å². The van der Waals surface area contributed by atoms with Gasteiger partial charge in [0.05, 0.1) is 10.6 Å². The number of nitrogens with one attached hydrogen (secondary N) is 2. The average Bonchev–Trinajstić information content (AvgIpc) is 2.48. The van der Waals surface area contributed by atoms with Crippen LogP contribution in [-0.4, -0.2) is 17.4 Å². The van der Waals surface area contributed by atoms with Crippen LogP contribution in [0.3, 0.4) is 0 Å². The molecule has 0 aliphatic rings. The third-order valence-electron chi connectivity index (χ3n) is 2.86. The molecule has 2 rings (SSSR count). The Bertz CT molecular complexity index is 649. The summed E-state index contributed by atoms with van der Waals surface area (Å²) in [6, 6.07) is 9.39. The summed E-state index contributed by atoms with van der Waals surface area (Å²) in [7, 11) is 0. The maximum Gasteiger partial charge on any atom is 0.253 e. The van der Waals surface area contributed by atoms with Crippen LogP contribution < -0.4 is 10.6 Å². The van der Waals surface area contributed by atoms with Crippen molar-refractivity contribution in [2.24, 2.45) is 0 Å². The van der Waals surface area contributed by atoms with Crippen molar-refractivity contribution < 1.29 is 4.79 Å². The van der Waals surface area contributed by atoms with Crippen LogP contribution in [0.2, 0.25) is 5.02 Å². The van der Waals surface area contributed by atoms with E-state index in [0.717, 1.165) is 16.6 Å². The van der Waals surface area contributed by atoms with Gasteiger partial charge in [0.15, 0.2) is 0 Å². The molecule has 0 fully saturated rings. The molecule has 0 unspecified atom stereocenters. The van der Waals surface area contributed by atoms with E-state index >= 15 is 0 Å². The van der Waals surface area contributed by atoms with Gasteiger partial charge >= 0.3 is 0 Å². The number of amides is 1. The highest BCUT2D eigenvalue weighted by Crippen LogP contribution is 2.19. The predicted molar refractivity (Wildman–Crippen MR) is 88.7 cm³/mol. The molecule has 2 N–H and O–H groups in total.